The summed E-state index contributed by atoms with van der Waals surface area (Å²) in [6.07, 6.45) is 1.93. The molecule has 1 aliphatic heterocycles. The molecule has 0 spiro atoms. The molecule has 1 aliphatic rings. The van der Waals surface area contributed by atoms with Crippen LogP contribution >= 0.6 is 0 Å². The van der Waals surface area contributed by atoms with Crippen LogP contribution in [0.5, 0.6) is 0 Å². The molecule has 6 heteroatoms. The van der Waals surface area contributed by atoms with Crippen molar-refractivity contribution in [1.82, 2.24) is 9.55 Å². The summed E-state index contributed by atoms with van der Waals surface area (Å²) < 4.78 is 2.27. The Kier molecular flexibility index (Phi) is 8.92. The molecule has 254 valence electrons. The van der Waals surface area contributed by atoms with E-state index in [1.807, 2.05) is 11.3 Å². The minimum atomic E-state index is -0.395. The van der Waals surface area contributed by atoms with Gasteiger partial charge >= 0.3 is 0 Å². The van der Waals surface area contributed by atoms with Crippen LogP contribution in [0.4, 0.5) is 17.1 Å². The Morgan fingerprint density at radius 2 is 1.42 bits per heavy atom. The summed E-state index contributed by atoms with van der Waals surface area (Å²) in [5.74, 6) is 1.29. The number of benzene rings is 5. The molecule has 0 radical (unpaired) electrons. The average molecular weight is 837 g/mol. The molecule has 0 fully saturated rings. The monoisotopic (exact) mass is 836 g/mol. The summed E-state index contributed by atoms with van der Waals surface area (Å²) in [6, 6.07) is 48.7. The fraction of sp³-hybridized carbons (Fsp3) is 0.205. The third-order valence-corrected chi connectivity index (χ3v) is 9.84. The standard InChI is InChI=1S/C44H40N4O.Pt/c1-29(2)35-16-7-8-17-36(35)31-24-25-45-43(26-31)46-39-19-10-9-18-37(39)38-23-22-33(28-42(38)46)44(5,6)32-14-13-15-34(27-32)48-41-21-12-11-20-40(41)47(49-48)30(3)4;/h7-26,29-30H,1-6H3;/q-2;/p+1. The van der Waals surface area contributed by atoms with Gasteiger partial charge in [-0.2, -0.15) is 46.4 Å². The predicted molar refractivity (Wildman–Crippen MR) is 202 cm³/mol. The first kappa shape index (κ1) is 33.8. The van der Waals surface area contributed by atoms with Gasteiger partial charge in [0, 0.05) is 38.5 Å². The minimum Gasteiger partial charge on any atom is -0.319 e. The van der Waals surface area contributed by atoms with E-state index in [4.69, 9.17) is 9.92 Å². The predicted octanol–water partition coefficient (Wildman–Crippen LogP) is 11.1. The summed E-state index contributed by atoms with van der Waals surface area (Å²) in [4.78, 5) is 9.93. The average Bonchev–Trinajstić information content (AvgIpc) is 3.68. The Balaban J connectivity index is 0.00000392. The number of aromatic nitrogens is 2. The topological polar surface area (TPSA) is 37.1 Å². The van der Waals surface area contributed by atoms with Crippen molar-refractivity contribution in [3.8, 4) is 16.9 Å². The summed E-state index contributed by atoms with van der Waals surface area (Å²) in [6.45, 7) is 13.3. The number of nitrogens with zero attached hydrogens (tertiary/aromatic N) is 4. The molecule has 7 aromatic rings. The number of hydrogen-bond donors (Lipinski definition) is 0. The summed E-state index contributed by atoms with van der Waals surface area (Å²) >= 11 is 0. The Morgan fingerprint density at radius 1 is 0.700 bits per heavy atom. The Bertz CT molecular complexity index is 2340. The number of pyridine rings is 1. The normalized spacial score (nSPS) is 13.0. The maximum absolute atomic E-state index is 4.99. The van der Waals surface area contributed by atoms with Gasteiger partial charge in [0.05, 0.1) is 6.04 Å². The molecule has 50 heavy (non-hydrogen) atoms. The number of fused-ring (bicyclic) bond motifs is 4. The van der Waals surface area contributed by atoms with Crippen LogP contribution in [0.15, 0.2) is 121 Å². The molecule has 1 N–H and O–H groups in total. The van der Waals surface area contributed by atoms with Crippen LogP contribution in [-0.4, -0.2) is 20.5 Å². The van der Waals surface area contributed by atoms with Crippen LogP contribution < -0.4 is 10.1 Å². The SMILES string of the molecule is CC(C)c1ccccc1-c1ccnc(-n2c3[c-]c(C(C)(C)c4[c-]c(N5[OH+]N(C(C)C)c6ccccc65)ccc4)ccc3c3ccccc32)c1.[Pt]. The number of hydrogen-bond acceptors (Lipinski definition) is 3. The van der Waals surface area contributed by atoms with Crippen molar-refractivity contribution >= 4 is 38.9 Å². The van der Waals surface area contributed by atoms with Gasteiger partial charge in [-0.3, -0.25) is 0 Å². The molecule has 3 heterocycles. The third kappa shape index (κ3) is 5.63. The zero-order valence-electron chi connectivity index (χ0n) is 29.3. The van der Waals surface area contributed by atoms with E-state index in [9.17, 15) is 0 Å². The first-order chi connectivity index (χ1) is 23.7. The van der Waals surface area contributed by atoms with Gasteiger partial charge in [0.25, 0.3) is 0 Å². The summed E-state index contributed by atoms with van der Waals surface area (Å²) in [5.41, 5.74) is 10.7. The second kappa shape index (κ2) is 13.2. The van der Waals surface area contributed by atoms with Gasteiger partial charge in [-0.25, -0.2) is 4.98 Å². The van der Waals surface area contributed by atoms with Gasteiger partial charge in [-0.1, -0.05) is 87.8 Å². The number of rotatable bonds is 7. The number of anilines is 3. The molecule has 8 rings (SSSR count). The second-order valence-corrected chi connectivity index (χ2v) is 14.0. The van der Waals surface area contributed by atoms with Gasteiger partial charge in [0.15, 0.2) is 0 Å². The molecule has 0 atom stereocenters. The molecule has 0 saturated heterocycles. The van der Waals surface area contributed by atoms with E-state index < -0.39 is 5.41 Å². The van der Waals surface area contributed by atoms with E-state index in [2.05, 4.69) is 179 Å². The molecule has 0 saturated carbocycles. The van der Waals surface area contributed by atoms with E-state index in [0.717, 1.165) is 56.0 Å². The first-order valence-electron chi connectivity index (χ1n) is 17.2. The van der Waals surface area contributed by atoms with Crippen molar-refractivity contribution in [2.75, 3.05) is 10.1 Å². The Morgan fingerprint density at radius 3 is 2.22 bits per heavy atom. The van der Waals surface area contributed by atoms with Gasteiger partial charge in [0.1, 0.15) is 17.2 Å². The zero-order chi connectivity index (χ0) is 33.9. The third-order valence-electron chi connectivity index (χ3n) is 9.84. The quantitative estimate of drug-likeness (QED) is 0.119. The number of hydroxylamine groups is 1. The maximum atomic E-state index is 4.99. The van der Waals surface area contributed by atoms with E-state index in [1.54, 1.807) is 0 Å². The van der Waals surface area contributed by atoms with Crippen LogP contribution in [0.3, 0.4) is 0 Å². The first-order valence-corrected chi connectivity index (χ1v) is 17.2. The largest absolute Gasteiger partial charge is 0.319 e. The van der Waals surface area contributed by atoms with Gasteiger partial charge in [-0.15, -0.1) is 27.6 Å². The summed E-state index contributed by atoms with van der Waals surface area (Å²) in [7, 11) is 0. The smallest absolute Gasteiger partial charge is 0.145 e. The van der Waals surface area contributed by atoms with Crippen molar-refractivity contribution in [2.45, 2.75) is 58.9 Å². The van der Waals surface area contributed by atoms with Crippen molar-refractivity contribution in [3.05, 3.63) is 150 Å². The van der Waals surface area contributed by atoms with Crippen LogP contribution in [0.2, 0.25) is 0 Å². The van der Waals surface area contributed by atoms with Gasteiger partial charge in [0.2, 0.25) is 0 Å². The van der Waals surface area contributed by atoms with Crippen molar-refractivity contribution in [3.63, 3.8) is 0 Å². The van der Waals surface area contributed by atoms with Crippen molar-refractivity contribution in [1.29, 1.82) is 0 Å². The van der Waals surface area contributed by atoms with E-state index in [0.29, 0.717) is 5.92 Å². The van der Waals surface area contributed by atoms with Crippen LogP contribution in [0, 0.1) is 12.1 Å². The molecule has 5 nitrogen and oxygen atoms in total. The fourth-order valence-corrected chi connectivity index (χ4v) is 7.15. The number of para-hydroxylation sites is 3. The Hall–Kier alpha value is -4.70. The molecule has 5 aromatic carbocycles. The van der Waals surface area contributed by atoms with E-state index in [1.165, 1.54) is 16.5 Å². The van der Waals surface area contributed by atoms with E-state index in [-0.39, 0.29) is 27.1 Å². The molecule has 0 bridgehead atoms. The molecule has 0 aliphatic carbocycles. The second-order valence-electron chi connectivity index (χ2n) is 14.0. The maximum Gasteiger partial charge on any atom is 0.145 e. The minimum absolute atomic E-state index is 0. The summed E-state index contributed by atoms with van der Waals surface area (Å²) in [5, 5.41) is 6.43. The van der Waals surface area contributed by atoms with Crippen molar-refractivity contribution < 1.29 is 26.0 Å². The molecule has 0 amide bonds. The zero-order valence-corrected chi connectivity index (χ0v) is 31.5. The molecular weight excluding hydrogens is 796 g/mol. The van der Waals surface area contributed by atoms with E-state index >= 15 is 0 Å². The molecular formula is C44H41N4OPt-. The van der Waals surface area contributed by atoms with Crippen molar-refractivity contribution in [2.24, 2.45) is 0 Å². The van der Waals surface area contributed by atoms with Gasteiger partial charge < -0.3 is 4.57 Å². The van der Waals surface area contributed by atoms with Crippen LogP contribution in [0.25, 0.3) is 38.8 Å². The van der Waals surface area contributed by atoms with Crippen LogP contribution in [0.1, 0.15) is 64.2 Å². The molecule has 0 unspecified atom stereocenters. The Labute approximate surface area is 309 Å². The molecule has 2 aromatic heterocycles. The van der Waals surface area contributed by atoms with Crippen LogP contribution in [-0.2, 0) is 26.5 Å². The van der Waals surface area contributed by atoms with Gasteiger partial charge in [-0.05, 0) is 77.6 Å². The fourth-order valence-electron chi connectivity index (χ4n) is 7.15.